The Bertz CT molecular complexity index is 696. The van der Waals surface area contributed by atoms with E-state index in [1.807, 2.05) is 56.0 Å². The largest absolute Gasteiger partial charge is 0.444 e. The van der Waals surface area contributed by atoms with Crippen LogP contribution in [0, 0.1) is 17.8 Å². The molecule has 5 heteroatoms. The topological polar surface area (TPSA) is 58.6 Å². The van der Waals surface area contributed by atoms with E-state index in [2.05, 4.69) is 19.2 Å². The van der Waals surface area contributed by atoms with Gasteiger partial charge in [-0.1, -0.05) is 44.2 Å². The Balaban J connectivity index is 1.65. The van der Waals surface area contributed by atoms with Crippen LogP contribution >= 0.6 is 0 Å². The number of fused-ring (bicyclic) bond motifs is 1. The van der Waals surface area contributed by atoms with Crippen LogP contribution < -0.4 is 5.32 Å². The SMILES string of the molecule is CC(C)C(C(=O)N1CC2CCC(NC(=O)OC(C)(C)C)C2C1)c1ccccc1. The minimum Gasteiger partial charge on any atom is -0.444 e. The lowest BCUT2D eigenvalue weighted by atomic mass is 9.87. The predicted octanol–water partition coefficient (Wildman–Crippen LogP) is 4.19. The van der Waals surface area contributed by atoms with Crippen molar-refractivity contribution in [3.8, 4) is 0 Å². The third kappa shape index (κ3) is 4.68. The summed E-state index contributed by atoms with van der Waals surface area (Å²) < 4.78 is 5.42. The summed E-state index contributed by atoms with van der Waals surface area (Å²) in [6.45, 7) is 11.4. The molecule has 1 saturated carbocycles. The molecule has 1 N–H and O–H groups in total. The number of nitrogens with zero attached hydrogens (tertiary/aromatic N) is 1. The first kappa shape index (κ1) is 20.7. The molecule has 0 radical (unpaired) electrons. The van der Waals surface area contributed by atoms with Crippen LogP contribution in [0.2, 0.25) is 0 Å². The van der Waals surface area contributed by atoms with E-state index in [0.29, 0.717) is 11.8 Å². The third-order valence-electron chi connectivity index (χ3n) is 5.96. The molecule has 4 atom stereocenters. The number of alkyl carbamates (subject to hydrolysis) is 1. The normalized spacial score (nSPS) is 25.5. The van der Waals surface area contributed by atoms with E-state index < -0.39 is 5.60 Å². The molecule has 0 bridgehead atoms. The maximum atomic E-state index is 13.3. The van der Waals surface area contributed by atoms with Gasteiger partial charge in [-0.25, -0.2) is 4.79 Å². The fraction of sp³-hybridized carbons (Fsp3) is 0.652. The van der Waals surface area contributed by atoms with Crippen molar-refractivity contribution in [1.82, 2.24) is 10.2 Å². The van der Waals surface area contributed by atoms with Crippen molar-refractivity contribution >= 4 is 12.0 Å². The number of carbonyl (C=O) groups is 2. The number of amides is 2. The highest BCUT2D eigenvalue weighted by Gasteiger charge is 2.46. The summed E-state index contributed by atoms with van der Waals surface area (Å²) in [7, 11) is 0. The summed E-state index contributed by atoms with van der Waals surface area (Å²) in [4.78, 5) is 27.6. The van der Waals surface area contributed by atoms with Gasteiger partial charge in [0.1, 0.15) is 5.60 Å². The van der Waals surface area contributed by atoms with Crippen LogP contribution in [0.5, 0.6) is 0 Å². The fourth-order valence-corrected chi connectivity index (χ4v) is 4.75. The van der Waals surface area contributed by atoms with E-state index >= 15 is 0 Å². The van der Waals surface area contributed by atoms with Crippen molar-refractivity contribution in [2.24, 2.45) is 17.8 Å². The molecule has 28 heavy (non-hydrogen) atoms. The van der Waals surface area contributed by atoms with Gasteiger partial charge < -0.3 is 15.0 Å². The van der Waals surface area contributed by atoms with Gasteiger partial charge in [-0.3, -0.25) is 4.79 Å². The monoisotopic (exact) mass is 386 g/mol. The van der Waals surface area contributed by atoms with Gasteiger partial charge >= 0.3 is 6.09 Å². The molecule has 1 heterocycles. The van der Waals surface area contributed by atoms with Crippen LogP contribution in [0.25, 0.3) is 0 Å². The first-order chi connectivity index (χ1) is 13.2. The first-order valence-electron chi connectivity index (χ1n) is 10.5. The zero-order valence-electron chi connectivity index (χ0n) is 17.8. The standard InChI is InChI=1S/C23H34N2O3/c1-15(2)20(16-9-7-6-8-10-16)21(26)25-13-17-11-12-19(18(17)14-25)24-22(27)28-23(3,4)5/h6-10,15,17-20H,11-14H2,1-5H3,(H,24,27). The van der Waals surface area contributed by atoms with Crippen molar-refractivity contribution in [2.45, 2.75) is 65.0 Å². The number of likely N-dealkylation sites (tertiary alicyclic amines) is 1. The van der Waals surface area contributed by atoms with Crippen molar-refractivity contribution in [1.29, 1.82) is 0 Å². The second kappa shape index (κ2) is 8.14. The van der Waals surface area contributed by atoms with Gasteiger partial charge in [-0.15, -0.1) is 0 Å². The maximum absolute atomic E-state index is 13.3. The number of nitrogens with one attached hydrogen (secondary N) is 1. The van der Waals surface area contributed by atoms with Crippen LogP contribution in [0.15, 0.2) is 30.3 Å². The van der Waals surface area contributed by atoms with Crippen LogP contribution in [0.1, 0.15) is 58.9 Å². The minimum atomic E-state index is -0.500. The molecule has 1 aliphatic carbocycles. The van der Waals surface area contributed by atoms with E-state index in [0.717, 1.165) is 31.5 Å². The molecule has 2 amide bonds. The summed E-state index contributed by atoms with van der Waals surface area (Å²) in [5, 5.41) is 3.05. The van der Waals surface area contributed by atoms with Gasteiger partial charge in [0, 0.05) is 25.0 Å². The highest BCUT2D eigenvalue weighted by atomic mass is 16.6. The lowest BCUT2D eigenvalue weighted by Gasteiger charge is -2.28. The smallest absolute Gasteiger partial charge is 0.407 e. The number of ether oxygens (including phenoxy) is 1. The van der Waals surface area contributed by atoms with Gasteiger partial charge in [-0.2, -0.15) is 0 Å². The lowest BCUT2D eigenvalue weighted by Crippen LogP contribution is -2.43. The number of benzene rings is 1. The summed E-state index contributed by atoms with van der Waals surface area (Å²) in [5.41, 5.74) is 0.586. The van der Waals surface area contributed by atoms with Gasteiger partial charge in [0.05, 0.1) is 5.92 Å². The first-order valence-corrected chi connectivity index (χ1v) is 10.5. The second-order valence-electron chi connectivity index (χ2n) is 9.63. The molecule has 0 spiro atoms. The molecule has 1 aromatic rings. The van der Waals surface area contributed by atoms with Crippen LogP contribution in [-0.4, -0.2) is 41.6 Å². The van der Waals surface area contributed by atoms with Crippen molar-refractivity contribution in [3.05, 3.63) is 35.9 Å². The summed E-state index contributed by atoms with van der Waals surface area (Å²) in [6.07, 6.45) is 1.66. The Hall–Kier alpha value is -2.04. The van der Waals surface area contributed by atoms with Crippen LogP contribution in [-0.2, 0) is 9.53 Å². The quantitative estimate of drug-likeness (QED) is 0.844. The van der Waals surface area contributed by atoms with Gasteiger partial charge in [-0.05, 0) is 51.0 Å². The zero-order chi connectivity index (χ0) is 20.5. The van der Waals surface area contributed by atoms with E-state index in [-0.39, 0.29) is 29.9 Å². The van der Waals surface area contributed by atoms with Crippen LogP contribution in [0.4, 0.5) is 4.79 Å². The molecule has 4 unspecified atom stereocenters. The number of carbonyl (C=O) groups excluding carboxylic acids is 2. The van der Waals surface area contributed by atoms with Gasteiger partial charge in [0.2, 0.25) is 5.91 Å². The Kier molecular flexibility index (Phi) is 6.01. The van der Waals surface area contributed by atoms with Crippen molar-refractivity contribution in [2.75, 3.05) is 13.1 Å². The molecule has 1 saturated heterocycles. The summed E-state index contributed by atoms with van der Waals surface area (Å²) in [5.74, 6) is 1.13. The summed E-state index contributed by atoms with van der Waals surface area (Å²) in [6, 6.07) is 10.2. The predicted molar refractivity (Wildman–Crippen MR) is 110 cm³/mol. The Morgan fingerprint density at radius 2 is 1.79 bits per heavy atom. The lowest BCUT2D eigenvalue weighted by molar-refractivity contribution is -0.133. The van der Waals surface area contributed by atoms with Gasteiger partial charge in [0.15, 0.2) is 0 Å². The zero-order valence-corrected chi connectivity index (χ0v) is 17.8. The molecule has 3 rings (SSSR count). The van der Waals surface area contributed by atoms with Gasteiger partial charge in [0.25, 0.3) is 0 Å². The molecular weight excluding hydrogens is 352 g/mol. The average Bonchev–Trinajstić information content (AvgIpc) is 3.16. The van der Waals surface area contributed by atoms with E-state index in [1.54, 1.807) is 0 Å². The minimum absolute atomic E-state index is 0.0897. The highest BCUT2D eigenvalue weighted by Crippen LogP contribution is 2.40. The molecule has 1 aromatic carbocycles. The molecule has 154 valence electrons. The van der Waals surface area contributed by atoms with E-state index in [9.17, 15) is 9.59 Å². The highest BCUT2D eigenvalue weighted by molar-refractivity contribution is 5.84. The summed E-state index contributed by atoms with van der Waals surface area (Å²) >= 11 is 0. The maximum Gasteiger partial charge on any atom is 0.407 e. The molecule has 0 aromatic heterocycles. The number of hydrogen-bond acceptors (Lipinski definition) is 3. The fourth-order valence-electron chi connectivity index (χ4n) is 4.75. The molecule has 2 fully saturated rings. The average molecular weight is 387 g/mol. The molecule has 5 nitrogen and oxygen atoms in total. The second-order valence-corrected chi connectivity index (χ2v) is 9.63. The third-order valence-corrected chi connectivity index (χ3v) is 5.96. The van der Waals surface area contributed by atoms with Crippen molar-refractivity contribution < 1.29 is 14.3 Å². The molecular formula is C23H34N2O3. The Morgan fingerprint density at radius 3 is 2.39 bits per heavy atom. The van der Waals surface area contributed by atoms with E-state index in [1.165, 1.54) is 0 Å². The Labute approximate surface area is 168 Å². The number of rotatable bonds is 4. The van der Waals surface area contributed by atoms with E-state index in [4.69, 9.17) is 4.74 Å². The van der Waals surface area contributed by atoms with Crippen molar-refractivity contribution in [3.63, 3.8) is 0 Å². The Morgan fingerprint density at radius 1 is 1.11 bits per heavy atom. The molecule has 2 aliphatic rings. The van der Waals surface area contributed by atoms with Crippen LogP contribution in [0.3, 0.4) is 0 Å². The number of hydrogen-bond donors (Lipinski definition) is 1. The molecule has 1 aliphatic heterocycles.